The first-order valence-electron chi connectivity index (χ1n) is 10.1. The number of ether oxygens (including phenoxy) is 2. The molecule has 0 bridgehead atoms. The zero-order chi connectivity index (χ0) is 23.4. The number of alkyl halides is 2. The fourth-order valence-corrected chi connectivity index (χ4v) is 3.04. The SMILES string of the molecule is CC(C)c1cc(C(=O)OCC(=O)Nc2ccccc2OC(F)F)c2cnn(C(C)C)c2n1. The van der Waals surface area contributed by atoms with Crippen molar-refractivity contribution in [2.45, 2.75) is 46.3 Å². The Bertz CT molecular complexity index is 1130. The van der Waals surface area contributed by atoms with E-state index in [4.69, 9.17) is 4.74 Å². The van der Waals surface area contributed by atoms with Crippen LogP contribution in [0.1, 0.15) is 55.7 Å². The molecule has 0 aliphatic carbocycles. The van der Waals surface area contributed by atoms with E-state index in [0.29, 0.717) is 16.7 Å². The van der Waals surface area contributed by atoms with Crippen LogP contribution >= 0.6 is 0 Å². The topological polar surface area (TPSA) is 95.3 Å². The molecule has 0 spiro atoms. The van der Waals surface area contributed by atoms with Crippen LogP contribution in [0.25, 0.3) is 11.0 Å². The average molecular weight is 446 g/mol. The van der Waals surface area contributed by atoms with Crippen molar-refractivity contribution in [1.82, 2.24) is 14.8 Å². The molecule has 0 atom stereocenters. The minimum atomic E-state index is -3.04. The molecule has 0 saturated carbocycles. The van der Waals surface area contributed by atoms with Crippen LogP contribution in [0.2, 0.25) is 0 Å². The third-order valence-electron chi connectivity index (χ3n) is 4.60. The summed E-state index contributed by atoms with van der Waals surface area (Å²) in [6, 6.07) is 7.40. The van der Waals surface area contributed by atoms with Crippen LogP contribution in [0.5, 0.6) is 5.75 Å². The Hall–Kier alpha value is -3.56. The number of benzene rings is 1. The van der Waals surface area contributed by atoms with Gasteiger partial charge in [-0.25, -0.2) is 14.5 Å². The fraction of sp³-hybridized carbons (Fsp3) is 0.364. The molecular formula is C22H24F2N4O4. The second kappa shape index (κ2) is 9.71. The lowest BCUT2D eigenvalue weighted by Gasteiger charge is -2.13. The number of amides is 1. The Morgan fingerprint density at radius 3 is 2.53 bits per heavy atom. The first kappa shape index (κ1) is 23.1. The zero-order valence-electron chi connectivity index (χ0n) is 18.1. The maximum Gasteiger partial charge on any atom is 0.387 e. The fourth-order valence-electron chi connectivity index (χ4n) is 3.04. The monoisotopic (exact) mass is 446 g/mol. The molecule has 0 fully saturated rings. The van der Waals surface area contributed by atoms with Crippen molar-refractivity contribution < 1.29 is 27.8 Å². The highest BCUT2D eigenvalue weighted by atomic mass is 19.3. The Morgan fingerprint density at radius 1 is 1.16 bits per heavy atom. The first-order valence-corrected chi connectivity index (χ1v) is 10.1. The summed E-state index contributed by atoms with van der Waals surface area (Å²) in [6.07, 6.45) is 1.54. The summed E-state index contributed by atoms with van der Waals surface area (Å²) >= 11 is 0. The Balaban J connectivity index is 1.77. The van der Waals surface area contributed by atoms with Gasteiger partial charge in [0.05, 0.1) is 22.8 Å². The van der Waals surface area contributed by atoms with Gasteiger partial charge < -0.3 is 14.8 Å². The van der Waals surface area contributed by atoms with E-state index in [1.807, 2.05) is 27.7 Å². The van der Waals surface area contributed by atoms with Gasteiger partial charge in [0.1, 0.15) is 5.75 Å². The van der Waals surface area contributed by atoms with Crippen molar-refractivity contribution in [3.63, 3.8) is 0 Å². The molecule has 1 aromatic carbocycles. The van der Waals surface area contributed by atoms with Gasteiger partial charge in [0.2, 0.25) is 0 Å². The Labute approximate surface area is 183 Å². The van der Waals surface area contributed by atoms with E-state index in [2.05, 4.69) is 20.1 Å². The Morgan fingerprint density at radius 2 is 1.88 bits per heavy atom. The number of carbonyl (C=O) groups excluding carboxylic acids is 2. The molecule has 1 amide bonds. The average Bonchev–Trinajstić information content (AvgIpc) is 3.16. The van der Waals surface area contributed by atoms with Crippen LogP contribution in [-0.4, -0.2) is 39.9 Å². The molecule has 0 radical (unpaired) electrons. The largest absolute Gasteiger partial charge is 0.452 e. The molecule has 32 heavy (non-hydrogen) atoms. The van der Waals surface area contributed by atoms with Gasteiger partial charge in [-0.05, 0) is 38.0 Å². The minimum absolute atomic E-state index is 0.0348. The smallest absolute Gasteiger partial charge is 0.387 e. The number of carbonyl (C=O) groups is 2. The lowest BCUT2D eigenvalue weighted by Crippen LogP contribution is -2.22. The van der Waals surface area contributed by atoms with Gasteiger partial charge in [0, 0.05) is 11.7 Å². The lowest BCUT2D eigenvalue weighted by atomic mass is 10.1. The summed E-state index contributed by atoms with van der Waals surface area (Å²) in [5, 5.41) is 7.24. The number of rotatable bonds is 8. The van der Waals surface area contributed by atoms with Gasteiger partial charge >= 0.3 is 12.6 Å². The molecule has 1 N–H and O–H groups in total. The summed E-state index contributed by atoms with van der Waals surface area (Å²) in [7, 11) is 0. The molecular weight excluding hydrogens is 422 g/mol. The van der Waals surface area contributed by atoms with Crippen LogP contribution in [0.15, 0.2) is 36.5 Å². The minimum Gasteiger partial charge on any atom is -0.452 e. The third kappa shape index (κ3) is 5.19. The van der Waals surface area contributed by atoms with Crippen LogP contribution in [0.4, 0.5) is 14.5 Å². The highest BCUT2D eigenvalue weighted by Gasteiger charge is 2.21. The van der Waals surface area contributed by atoms with Crippen LogP contribution in [0.3, 0.4) is 0 Å². The first-order chi connectivity index (χ1) is 15.2. The van der Waals surface area contributed by atoms with E-state index < -0.39 is 25.1 Å². The number of fused-ring (bicyclic) bond motifs is 1. The highest BCUT2D eigenvalue weighted by Crippen LogP contribution is 2.26. The molecule has 2 heterocycles. The number of nitrogens with zero attached hydrogens (tertiary/aromatic N) is 3. The zero-order valence-corrected chi connectivity index (χ0v) is 18.1. The van der Waals surface area contributed by atoms with Crippen molar-refractivity contribution in [3.05, 3.63) is 47.8 Å². The van der Waals surface area contributed by atoms with Gasteiger partial charge in [0.25, 0.3) is 5.91 Å². The maximum absolute atomic E-state index is 12.8. The molecule has 3 rings (SSSR count). The predicted octanol–water partition coefficient (Wildman–Crippen LogP) is 4.53. The number of hydrogen-bond donors (Lipinski definition) is 1. The standard InChI is InChI=1S/C22H24F2N4O4/c1-12(2)17-9-14(15-10-25-28(13(3)4)20(15)27-17)21(30)31-11-19(29)26-16-7-5-6-8-18(16)32-22(23)24/h5-10,12-13,22H,11H2,1-4H3,(H,26,29). The van der Waals surface area contributed by atoms with Crippen molar-refractivity contribution in [2.75, 3.05) is 11.9 Å². The van der Waals surface area contributed by atoms with E-state index in [9.17, 15) is 18.4 Å². The Kier molecular flexibility index (Phi) is 7.01. The van der Waals surface area contributed by atoms with E-state index in [1.54, 1.807) is 23.0 Å². The summed E-state index contributed by atoms with van der Waals surface area (Å²) in [6.45, 7) is 4.16. The third-order valence-corrected chi connectivity index (χ3v) is 4.60. The van der Waals surface area contributed by atoms with E-state index in [1.165, 1.54) is 18.2 Å². The summed E-state index contributed by atoms with van der Waals surface area (Å²) in [4.78, 5) is 29.7. The molecule has 170 valence electrons. The molecule has 2 aromatic heterocycles. The summed E-state index contributed by atoms with van der Waals surface area (Å²) in [5.74, 6) is -1.55. The number of pyridine rings is 1. The molecule has 0 aliphatic heterocycles. The number of halogens is 2. The highest BCUT2D eigenvalue weighted by molar-refractivity contribution is 6.04. The van der Waals surface area contributed by atoms with E-state index in [-0.39, 0.29) is 29.0 Å². The van der Waals surface area contributed by atoms with Crippen molar-refractivity contribution >= 4 is 28.6 Å². The molecule has 0 aliphatic rings. The molecule has 10 heteroatoms. The van der Waals surface area contributed by atoms with Gasteiger partial charge in [-0.15, -0.1) is 0 Å². The van der Waals surface area contributed by atoms with Gasteiger partial charge in [-0.2, -0.15) is 13.9 Å². The maximum atomic E-state index is 12.8. The number of hydrogen-bond acceptors (Lipinski definition) is 6. The quantitative estimate of drug-likeness (QED) is 0.511. The number of anilines is 1. The van der Waals surface area contributed by atoms with Gasteiger partial charge in [0.15, 0.2) is 12.3 Å². The van der Waals surface area contributed by atoms with Crippen LogP contribution in [-0.2, 0) is 9.53 Å². The molecule has 3 aromatic rings. The summed E-state index contributed by atoms with van der Waals surface area (Å²) in [5.41, 5.74) is 1.54. The number of nitrogens with one attached hydrogen (secondary N) is 1. The molecule has 8 nitrogen and oxygen atoms in total. The predicted molar refractivity (Wildman–Crippen MR) is 114 cm³/mol. The molecule has 0 saturated heterocycles. The molecule has 0 unspecified atom stereocenters. The van der Waals surface area contributed by atoms with Gasteiger partial charge in [-0.1, -0.05) is 26.0 Å². The number of para-hydroxylation sites is 2. The van der Waals surface area contributed by atoms with E-state index >= 15 is 0 Å². The van der Waals surface area contributed by atoms with Crippen molar-refractivity contribution in [1.29, 1.82) is 0 Å². The second-order valence-corrected chi connectivity index (χ2v) is 7.67. The van der Waals surface area contributed by atoms with Crippen LogP contribution in [0, 0.1) is 0 Å². The van der Waals surface area contributed by atoms with Crippen molar-refractivity contribution in [2.24, 2.45) is 0 Å². The van der Waals surface area contributed by atoms with Crippen LogP contribution < -0.4 is 10.1 Å². The lowest BCUT2D eigenvalue weighted by molar-refractivity contribution is -0.119. The van der Waals surface area contributed by atoms with Gasteiger partial charge in [-0.3, -0.25) is 4.79 Å². The normalized spacial score (nSPS) is 11.4. The van der Waals surface area contributed by atoms with E-state index in [0.717, 1.165) is 0 Å². The number of esters is 1. The number of aromatic nitrogens is 3. The second-order valence-electron chi connectivity index (χ2n) is 7.67. The van der Waals surface area contributed by atoms with Crippen molar-refractivity contribution in [3.8, 4) is 5.75 Å². The summed E-state index contributed by atoms with van der Waals surface area (Å²) < 4.78 is 36.3.